The minimum atomic E-state index is -5.14. The molecule has 0 unspecified atom stereocenters. The zero-order valence-corrected chi connectivity index (χ0v) is 54.4. The van der Waals surface area contributed by atoms with Crippen LogP contribution in [0.1, 0.15) is 32.1 Å². The Balaban J connectivity index is -0.0000000789. The molecular formula is C15H35Na5O40P10. The molecule has 40 nitrogen and oxygen atoms in total. The monoisotopic (exact) mass is 1280 g/mol. The number of carboxylic acid groups (broad SMARTS) is 5. The summed E-state index contributed by atoms with van der Waals surface area (Å²) < 4.78 is 104. The van der Waals surface area contributed by atoms with Crippen molar-refractivity contribution in [1.29, 1.82) is 0 Å². The van der Waals surface area contributed by atoms with Gasteiger partial charge < -0.3 is 147 Å². The van der Waals surface area contributed by atoms with E-state index in [9.17, 15) is 95.2 Å². The second-order valence-electron chi connectivity index (χ2n) is 11.2. The van der Waals surface area contributed by atoms with E-state index in [0.29, 0.717) is 0 Å². The molecular weight excluding hydrogens is 1240 g/mol. The predicted molar refractivity (Wildman–Crippen MR) is 188 cm³/mol. The molecule has 0 spiro atoms. The molecule has 0 atom stereocenters. The number of carbonyl (C=O) groups excluding carboxylic acids is 5. The van der Waals surface area contributed by atoms with E-state index in [-0.39, 0.29) is 148 Å². The average molecular weight is 1280 g/mol. The summed E-state index contributed by atoms with van der Waals surface area (Å²) in [4.78, 5) is 217. The fourth-order valence-corrected chi connectivity index (χ4v) is 14.6. The molecule has 0 saturated carbocycles. The van der Waals surface area contributed by atoms with Gasteiger partial charge in [0.05, 0.1) is 0 Å². The summed E-state index contributed by atoms with van der Waals surface area (Å²) in [6.45, 7) is 0. The van der Waals surface area contributed by atoms with Crippen LogP contribution in [-0.2, 0) is 69.6 Å². The molecule has 0 rings (SSSR count). The van der Waals surface area contributed by atoms with Gasteiger partial charge in [-0.25, -0.2) is 0 Å². The van der Waals surface area contributed by atoms with E-state index in [0.717, 1.165) is 0 Å². The first-order valence-corrected chi connectivity index (χ1v) is 31.1. The van der Waals surface area contributed by atoms with Crippen LogP contribution in [0.15, 0.2) is 0 Å². The first-order chi connectivity index (χ1) is 27.7. The molecule has 70 heavy (non-hydrogen) atoms. The fourth-order valence-electron chi connectivity index (χ4n) is 2.91. The van der Waals surface area contributed by atoms with Crippen LogP contribution in [-0.4, -0.2) is 155 Å². The van der Waals surface area contributed by atoms with Gasteiger partial charge in [-0.3, -0.25) is 45.7 Å². The Morgan fingerprint density at radius 1 is 0.229 bits per heavy atom. The molecule has 0 aromatic heterocycles. The zero-order valence-electron chi connectivity index (χ0n) is 35.5. The van der Waals surface area contributed by atoms with E-state index in [1.54, 1.807) is 0 Å². The maximum Gasteiger partial charge on any atom is 1.00 e. The third kappa shape index (κ3) is 51.3. The van der Waals surface area contributed by atoms with Crippen molar-refractivity contribution >= 4 is 106 Å². The van der Waals surface area contributed by atoms with E-state index in [1.165, 1.54) is 0 Å². The number of hydrogen-bond donors (Lipinski definition) is 20. The first kappa shape index (κ1) is 96.1. The fraction of sp³-hybridized carbons (Fsp3) is 0.667. The molecule has 0 saturated heterocycles. The maximum atomic E-state index is 10.4. The Morgan fingerprint density at radius 3 is 0.300 bits per heavy atom. The van der Waals surface area contributed by atoms with Crippen LogP contribution in [0.3, 0.4) is 0 Å². The summed E-state index contributed by atoms with van der Waals surface area (Å²) in [5.41, 5.74) is 0. The predicted octanol–water partition coefficient (Wildman–Crippen LogP) is -25.9. The zero-order chi connectivity index (χ0) is 54.3. The van der Waals surface area contributed by atoms with Crippen LogP contribution >= 0.6 is 76.0 Å². The van der Waals surface area contributed by atoms with E-state index in [4.69, 9.17) is 97.9 Å². The molecule has 0 aliphatic heterocycles. The van der Waals surface area contributed by atoms with Gasteiger partial charge in [0.1, 0.15) is 0 Å². The van der Waals surface area contributed by atoms with Crippen LogP contribution in [0.2, 0.25) is 0 Å². The quantitative estimate of drug-likeness (QED) is 0.0398. The number of carboxylic acids is 5. The van der Waals surface area contributed by atoms with Crippen molar-refractivity contribution in [2.45, 2.75) is 59.1 Å². The Kier molecular flexibility index (Phi) is 52.9. The third-order valence-corrected chi connectivity index (χ3v) is 24.2. The molecule has 55 heteroatoms. The molecule has 0 amide bonds. The normalized spacial score (nSPS) is 12.4. The maximum absolute atomic E-state index is 10.4. The van der Waals surface area contributed by atoms with Crippen molar-refractivity contribution in [2.24, 2.45) is 0 Å². The third-order valence-electron chi connectivity index (χ3n) is 5.63. The number of aliphatic carboxylic acids is 5. The van der Waals surface area contributed by atoms with Crippen molar-refractivity contribution in [1.82, 2.24) is 0 Å². The van der Waals surface area contributed by atoms with Crippen LogP contribution < -0.4 is 173 Å². The van der Waals surface area contributed by atoms with Gasteiger partial charge in [0, 0.05) is 62.0 Å². The van der Waals surface area contributed by atoms with Crippen molar-refractivity contribution in [3.05, 3.63) is 0 Å². The van der Waals surface area contributed by atoms with Crippen molar-refractivity contribution in [2.75, 3.05) is 0 Å². The van der Waals surface area contributed by atoms with Crippen LogP contribution in [0.25, 0.3) is 0 Å². The number of carbonyl (C=O) groups is 5. The van der Waals surface area contributed by atoms with Crippen LogP contribution in [0, 0.1) is 0 Å². The van der Waals surface area contributed by atoms with E-state index in [1.807, 2.05) is 0 Å². The molecule has 0 aromatic rings. The van der Waals surface area contributed by atoms with Gasteiger partial charge in [-0.1, -0.05) is 0 Å². The van der Waals surface area contributed by atoms with E-state index in [2.05, 4.69) is 0 Å². The minimum absolute atomic E-state index is 0. The largest absolute Gasteiger partial charge is 1.00 e. The summed E-state index contributed by atoms with van der Waals surface area (Å²) in [6.07, 6.45) is -6.90. The van der Waals surface area contributed by atoms with Gasteiger partial charge in [-0.2, -0.15) is 0 Å². The molecule has 0 aliphatic rings. The summed E-state index contributed by atoms with van der Waals surface area (Å²) >= 11 is 0. The number of hydrogen-bond acceptors (Lipinski definition) is 20. The van der Waals surface area contributed by atoms with Crippen molar-refractivity contribution in [3.63, 3.8) is 0 Å². The van der Waals surface area contributed by atoms with Gasteiger partial charge >= 0.3 is 224 Å². The second kappa shape index (κ2) is 38.5. The van der Waals surface area contributed by atoms with Gasteiger partial charge in [0.15, 0.2) is 27.0 Å². The van der Waals surface area contributed by atoms with Crippen LogP contribution in [0.4, 0.5) is 0 Å². The van der Waals surface area contributed by atoms with Crippen molar-refractivity contribution in [3.8, 4) is 0 Å². The molecule has 0 fully saturated rings. The Hall–Kier alpha value is 3.85. The summed E-state index contributed by atoms with van der Waals surface area (Å²) in [7, 11) is -51.4. The van der Waals surface area contributed by atoms with Gasteiger partial charge in [-0.15, -0.1) is 0 Å². The van der Waals surface area contributed by atoms with Crippen molar-refractivity contribution < 1.29 is 341 Å². The van der Waals surface area contributed by atoms with Gasteiger partial charge in [-0.05, 0) is 0 Å². The van der Waals surface area contributed by atoms with E-state index < -0.39 is 165 Å². The first-order valence-electron chi connectivity index (χ1n) is 14.3. The minimum Gasteiger partial charge on any atom is -0.550 e. The SMILES string of the molecule is O=C([O-])CC(P(=O)(O)O)P(=O)(O)O.O=C([O-])CC(P(=O)(O)O)P(=O)(O)O.O=C([O-])CC(P(=O)(O)O)P(=O)(O)O.O=C([O-])CC(P(=O)(O)O)P(=O)(O)O.O=C([O-])CC(P(=O)(O)O)P(=O)(O)O.[Na+].[Na+].[Na+].[Na+].[Na+]. The molecule has 390 valence electrons. The van der Waals surface area contributed by atoms with E-state index >= 15 is 0 Å². The van der Waals surface area contributed by atoms with Gasteiger partial charge in [0.2, 0.25) is 0 Å². The molecule has 20 N–H and O–H groups in total. The Bertz CT molecular complexity index is 1680. The molecule has 0 radical (unpaired) electrons. The Labute approximate surface area is 499 Å². The molecule has 0 bridgehead atoms. The van der Waals surface area contributed by atoms with Crippen LogP contribution in [0.5, 0.6) is 0 Å². The van der Waals surface area contributed by atoms with Gasteiger partial charge in [0.25, 0.3) is 0 Å². The topological polar surface area (TPSA) is 776 Å². The molecule has 0 heterocycles. The molecule has 0 aliphatic carbocycles. The average Bonchev–Trinajstić information content (AvgIpc) is 2.94. The summed E-state index contributed by atoms with van der Waals surface area (Å²) in [5, 5.41) is 36.9. The summed E-state index contributed by atoms with van der Waals surface area (Å²) in [6, 6.07) is 0. The standard InChI is InChI=1S/5C3H8O8P2.5Na/c5*4-2(5)1-3(12(6,7)8)13(9,10)11;;;;;/h5*3H,1H2,(H,4,5)(H2,6,7,8)(H2,9,10,11);;;;;/q;;;;;5*+1/p-5. The second-order valence-corrected chi connectivity index (χ2v) is 31.2. The molecule has 0 aromatic carbocycles. The summed E-state index contributed by atoms with van der Waals surface area (Å²) in [5.74, 6) is -9.67. The Morgan fingerprint density at radius 2 is 0.286 bits per heavy atom. The number of rotatable bonds is 20. The smallest absolute Gasteiger partial charge is 0.550 e.